The van der Waals surface area contributed by atoms with E-state index in [2.05, 4.69) is 5.32 Å². The van der Waals surface area contributed by atoms with Gasteiger partial charge in [0.05, 0.1) is 6.54 Å². The Balaban J connectivity index is 1.55. The predicted octanol–water partition coefficient (Wildman–Crippen LogP) is -0.713. The molecule has 0 aromatic rings. The van der Waals surface area contributed by atoms with Crippen molar-refractivity contribution in [1.29, 1.82) is 0 Å². The summed E-state index contributed by atoms with van der Waals surface area (Å²) in [6.45, 7) is 4.88. The quantitative estimate of drug-likeness (QED) is 0.690. The van der Waals surface area contributed by atoms with Gasteiger partial charge in [0.2, 0.25) is 11.8 Å². The molecule has 3 heterocycles. The van der Waals surface area contributed by atoms with Crippen LogP contribution in [0.5, 0.6) is 0 Å². The molecule has 2 atom stereocenters. The van der Waals surface area contributed by atoms with Gasteiger partial charge in [-0.1, -0.05) is 0 Å². The van der Waals surface area contributed by atoms with E-state index >= 15 is 0 Å². The SMILES string of the molecule is O=C1CCCN1CC(=O)N1CC2CNCC2C1. The lowest BCUT2D eigenvalue weighted by Crippen LogP contribution is -2.40. The highest BCUT2D eigenvalue weighted by Gasteiger charge is 2.38. The zero-order valence-electron chi connectivity index (χ0n) is 10.0. The Labute approximate surface area is 101 Å². The summed E-state index contributed by atoms with van der Waals surface area (Å²) >= 11 is 0. The summed E-state index contributed by atoms with van der Waals surface area (Å²) in [5.74, 6) is 1.54. The van der Waals surface area contributed by atoms with Crippen LogP contribution in [0, 0.1) is 11.8 Å². The molecule has 0 aromatic carbocycles. The Morgan fingerprint density at radius 3 is 2.59 bits per heavy atom. The summed E-state index contributed by atoms with van der Waals surface area (Å²) in [5, 5.41) is 3.36. The van der Waals surface area contributed by atoms with E-state index in [0.29, 0.717) is 24.8 Å². The zero-order chi connectivity index (χ0) is 11.8. The Morgan fingerprint density at radius 1 is 1.29 bits per heavy atom. The van der Waals surface area contributed by atoms with Crippen LogP contribution in [0.15, 0.2) is 0 Å². The highest BCUT2D eigenvalue weighted by atomic mass is 16.2. The molecular formula is C12H19N3O2. The van der Waals surface area contributed by atoms with E-state index in [9.17, 15) is 9.59 Å². The first-order valence-corrected chi connectivity index (χ1v) is 6.50. The smallest absolute Gasteiger partial charge is 0.242 e. The van der Waals surface area contributed by atoms with Crippen LogP contribution in [-0.4, -0.2) is 60.9 Å². The third kappa shape index (κ3) is 2.04. The number of nitrogens with one attached hydrogen (secondary N) is 1. The standard InChI is InChI=1S/C12H19N3O2/c16-11-2-1-3-14(11)8-12(17)15-6-9-4-13-5-10(9)7-15/h9-10,13H,1-8H2. The lowest BCUT2D eigenvalue weighted by Gasteiger charge is -2.21. The van der Waals surface area contributed by atoms with Gasteiger partial charge >= 0.3 is 0 Å². The molecule has 0 aliphatic carbocycles. The number of carbonyl (C=O) groups excluding carboxylic acids is 2. The lowest BCUT2D eigenvalue weighted by atomic mass is 10.0. The summed E-state index contributed by atoms with van der Waals surface area (Å²) in [4.78, 5) is 27.2. The molecule has 0 spiro atoms. The first-order chi connectivity index (χ1) is 8.24. The Morgan fingerprint density at radius 2 is 2.00 bits per heavy atom. The first kappa shape index (κ1) is 11.0. The topological polar surface area (TPSA) is 52.7 Å². The van der Waals surface area contributed by atoms with Crippen LogP contribution in [0.25, 0.3) is 0 Å². The van der Waals surface area contributed by atoms with Crippen molar-refractivity contribution in [2.45, 2.75) is 12.8 Å². The molecule has 5 heteroatoms. The van der Waals surface area contributed by atoms with E-state index in [4.69, 9.17) is 0 Å². The third-order valence-electron chi connectivity index (χ3n) is 4.24. The van der Waals surface area contributed by atoms with E-state index in [-0.39, 0.29) is 11.8 Å². The van der Waals surface area contributed by atoms with Gasteiger partial charge in [0.1, 0.15) is 0 Å². The van der Waals surface area contributed by atoms with Gasteiger partial charge in [-0.2, -0.15) is 0 Å². The fourth-order valence-corrected chi connectivity index (χ4v) is 3.19. The van der Waals surface area contributed by atoms with E-state index in [0.717, 1.165) is 39.1 Å². The lowest BCUT2D eigenvalue weighted by molar-refractivity contribution is -0.137. The molecule has 17 heavy (non-hydrogen) atoms. The maximum Gasteiger partial charge on any atom is 0.242 e. The van der Waals surface area contributed by atoms with Crippen LogP contribution in [-0.2, 0) is 9.59 Å². The molecule has 2 unspecified atom stereocenters. The van der Waals surface area contributed by atoms with Gasteiger partial charge in [-0.05, 0) is 18.3 Å². The van der Waals surface area contributed by atoms with E-state index in [1.165, 1.54) is 0 Å². The van der Waals surface area contributed by atoms with Crippen LogP contribution < -0.4 is 5.32 Å². The fraction of sp³-hybridized carbons (Fsp3) is 0.833. The van der Waals surface area contributed by atoms with Crippen molar-refractivity contribution in [2.75, 3.05) is 39.3 Å². The number of likely N-dealkylation sites (tertiary alicyclic amines) is 2. The van der Waals surface area contributed by atoms with Crippen LogP contribution >= 0.6 is 0 Å². The average Bonchev–Trinajstić information content (AvgIpc) is 2.93. The van der Waals surface area contributed by atoms with Gasteiger partial charge < -0.3 is 15.1 Å². The molecule has 3 aliphatic heterocycles. The van der Waals surface area contributed by atoms with Gasteiger partial charge in [0.25, 0.3) is 0 Å². The van der Waals surface area contributed by atoms with Crippen LogP contribution in [0.4, 0.5) is 0 Å². The number of hydrogen-bond acceptors (Lipinski definition) is 3. The zero-order valence-corrected chi connectivity index (χ0v) is 10.0. The summed E-state index contributed by atoms with van der Waals surface area (Å²) in [7, 11) is 0. The summed E-state index contributed by atoms with van der Waals surface area (Å²) < 4.78 is 0. The van der Waals surface area contributed by atoms with Gasteiger partial charge in [0, 0.05) is 39.1 Å². The van der Waals surface area contributed by atoms with Crippen molar-refractivity contribution in [1.82, 2.24) is 15.1 Å². The maximum atomic E-state index is 12.1. The monoisotopic (exact) mass is 237 g/mol. The molecule has 5 nitrogen and oxygen atoms in total. The second kappa shape index (κ2) is 4.29. The molecule has 3 aliphatic rings. The highest BCUT2D eigenvalue weighted by Crippen LogP contribution is 2.26. The summed E-state index contributed by atoms with van der Waals surface area (Å²) in [5.41, 5.74) is 0. The molecule has 3 rings (SSSR count). The van der Waals surface area contributed by atoms with Crippen molar-refractivity contribution in [3.63, 3.8) is 0 Å². The number of fused-ring (bicyclic) bond motifs is 1. The van der Waals surface area contributed by atoms with Crippen molar-refractivity contribution in [3.8, 4) is 0 Å². The Hall–Kier alpha value is -1.10. The van der Waals surface area contributed by atoms with Crippen molar-refractivity contribution in [3.05, 3.63) is 0 Å². The van der Waals surface area contributed by atoms with Crippen molar-refractivity contribution >= 4 is 11.8 Å². The van der Waals surface area contributed by atoms with Crippen LogP contribution in [0.1, 0.15) is 12.8 Å². The second-order valence-corrected chi connectivity index (χ2v) is 5.40. The fourth-order valence-electron chi connectivity index (χ4n) is 3.19. The molecule has 0 aromatic heterocycles. The predicted molar refractivity (Wildman–Crippen MR) is 62.2 cm³/mol. The Kier molecular flexibility index (Phi) is 2.78. The minimum atomic E-state index is 0.134. The van der Waals surface area contributed by atoms with Crippen molar-refractivity contribution in [2.24, 2.45) is 11.8 Å². The molecule has 3 saturated heterocycles. The van der Waals surface area contributed by atoms with Gasteiger partial charge in [-0.3, -0.25) is 9.59 Å². The maximum absolute atomic E-state index is 12.1. The second-order valence-electron chi connectivity index (χ2n) is 5.40. The van der Waals surface area contributed by atoms with Crippen LogP contribution in [0.3, 0.4) is 0 Å². The largest absolute Gasteiger partial charge is 0.340 e. The highest BCUT2D eigenvalue weighted by molar-refractivity contribution is 5.86. The van der Waals surface area contributed by atoms with Gasteiger partial charge in [-0.25, -0.2) is 0 Å². The Bertz CT molecular complexity index is 333. The van der Waals surface area contributed by atoms with E-state index in [1.54, 1.807) is 4.90 Å². The molecule has 0 bridgehead atoms. The molecule has 2 amide bonds. The number of carbonyl (C=O) groups is 2. The van der Waals surface area contributed by atoms with Crippen LogP contribution in [0.2, 0.25) is 0 Å². The minimum absolute atomic E-state index is 0.134. The molecule has 0 saturated carbocycles. The number of amides is 2. The third-order valence-corrected chi connectivity index (χ3v) is 4.24. The van der Waals surface area contributed by atoms with E-state index < -0.39 is 0 Å². The normalized spacial score (nSPS) is 32.4. The van der Waals surface area contributed by atoms with Gasteiger partial charge in [-0.15, -0.1) is 0 Å². The number of nitrogens with zero attached hydrogens (tertiary/aromatic N) is 2. The van der Waals surface area contributed by atoms with E-state index in [1.807, 2.05) is 4.90 Å². The molecule has 0 radical (unpaired) electrons. The minimum Gasteiger partial charge on any atom is -0.340 e. The number of hydrogen-bond donors (Lipinski definition) is 1. The summed E-state index contributed by atoms with van der Waals surface area (Å²) in [6, 6.07) is 0. The molecular weight excluding hydrogens is 218 g/mol. The van der Waals surface area contributed by atoms with Crippen molar-refractivity contribution < 1.29 is 9.59 Å². The molecule has 94 valence electrons. The molecule has 3 fully saturated rings. The average molecular weight is 237 g/mol. The molecule has 1 N–H and O–H groups in total. The van der Waals surface area contributed by atoms with Gasteiger partial charge in [0.15, 0.2) is 0 Å². The first-order valence-electron chi connectivity index (χ1n) is 6.50. The number of rotatable bonds is 2. The summed E-state index contributed by atoms with van der Waals surface area (Å²) in [6.07, 6.45) is 1.52.